The van der Waals surface area contributed by atoms with Crippen LogP contribution >= 0.6 is 11.3 Å². The number of aromatic nitrogens is 2. The van der Waals surface area contributed by atoms with Crippen LogP contribution in [0.5, 0.6) is 0 Å². The Labute approximate surface area is 127 Å². The van der Waals surface area contributed by atoms with Crippen LogP contribution in [-0.4, -0.2) is 16.2 Å². The van der Waals surface area contributed by atoms with Crippen LogP contribution in [0.25, 0.3) is 0 Å². The van der Waals surface area contributed by atoms with Gasteiger partial charge in [0.1, 0.15) is 5.01 Å². The van der Waals surface area contributed by atoms with Crippen molar-refractivity contribution >= 4 is 28.2 Å². The standard InChI is InChI=1S/C15H18N4OS/c1-10-6-8-12(9-7-10)16-14(20)17-15-19-18-13(21-15)11-4-2-3-5-11/h6-9,11H,2-5H2,1H3,(H2,16,17,19,20). The van der Waals surface area contributed by atoms with E-state index in [1.807, 2.05) is 31.2 Å². The number of amides is 2. The van der Waals surface area contributed by atoms with Crippen LogP contribution < -0.4 is 10.6 Å². The minimum Gasteiger partial charge on any atom is -0.308 e. The monoisotopic (exact) mass is 302 g/mol. The molecule has 0 radical (unpaired) electrons. The summed E-state index contributed by atoms with van der Waals surface area (Å²) in [4.78, 5) is 11.9. The molecule has 110 valence electrons. The Morgan fingerprint density at radius 1 is 1.14 bits per heavy atom. The molecule has 0 spiro atoms. The fraction of sp³-hybridized carbons (Fsp3) is 0.400. The van der Waals surface area contributed by atoms with E-state index in [0.717, 1.165) is 16.3 Å². The molecule has 2 N–H and O–H groups in total. The zero-order chi connectivity index (χ0) is 14.7. The minimum absolute atomic E-state index is 0.284. The molecular weight excluding hydrogens is 284 g/mol. The second-order valence-electron chi connectivity index (χ2n) is 5.37. The van der Waals surface area contributed by atoms with Gasteiger partial charge in [0.2, 0.25) is 5.13 Å². The molecule has 0 aliphatic heterocycles. The molecule has 0 saturated heterocycles. The van der Waals surface area contributed by atoms with Gasteiger partial charge in [-0.15, -0.1) is 10.2 Å². The number of carbonyl (C=O) groups is 1. The van der Waals surface area contributed by atoms with Gasteiger partial charge < -0.3 is 5.32 Å². The molecule has 2 aromatic rings. The van der Waals surface area contributed by atoms with Gasteiger partial charge in [0.05, 0.1) is 0 Å². The van der Waals surface area contributed by atoms with E-state index in [0.29, 0.717) is 11.0 Å². The van der Waals surface area contributed by atoms with Gasteiger partial charge in [-0.05, 0) is 31.9 Å². The summed E-state index contributed by atoms with van der Waals surface area (Å²) in [7, 11) is 0. The highest BCUT2D eigenvalue weighted by Crippen LogP contribution is 2.36. The van der Waals surface area contributed by atoms with E-state index in [9.17, 15) is 4.79 Å². The van der Waals surface area contributed by atoms with E-state index in [4.69, 9.17) is 0 Å². The molecule has 1 saturated carbocycles. The lowest BCUT2D eigenvalue weighted by molar-refractivity contribution is 0.262. The molecule has 1 aromatic carbocycles. The lowest BCUT2D eigenvalue weighted by atomic mass is 10.1. The second-order valence-corrected chi connectivity index (χ2v) is 6.38. The molecule has 1 heterocycles. The van der Waals surface area contributed by atoms with Crippen LogP contribution in [0, 0.1) is 6.92 Å². The Balaban J connectivity index is 1.58. The Kier molecular flexibility index (Phi) is 4.15. The van der Waals surface area contributed by atoms with Crippen LogP contribution in [-0.2, 0) is 0 Å². The van der Waals surface area contributed by atoms with E-state index in [-0.39, 0.29) is 6.03 Å². The smallest absolute Gasteiger partial charge is 0.308 e. The average Bonchev–Trinajstić information content (AvgIpc) is 3.12. The first-order chi connectivity index (χ1) is 10.2. The Bertz CT molecular complexity index is 617. The maximum Gasteiger partial charge on any atom is 0.325 e. The zero-order valence-corrected chi connectivity index (χ0v) is 12.7. The third kappa shape index (κ3) is 3.58. The first-order valence-electron chi connectivity index (χ1n) is 7.19. The SMILES string of the molecule is Cc1ccc(NC(=O)Nc2nnc(C3CCCC3)s2)cc1. The number of benzene rings is 1. The van der Waals surface area contributed by atoms with Gasteiger partial charge in [-0.3, -0.25) is 5.32 Å². The number of urea groups is 1. The van der Waals surface area contributed by atoms with Crippen LogP contribution in [0.1, 0.15) is 42.2 Å². The van der Waals surface area contributed by atoms with Gasteiger partial charge in [-0.2, -0.15) is 0 Å². The largest absolute Gasteiger partial charge is 0.325 e. The molecule has 3 rings (SSSR count). The predicted octanol–water partition coefficient (Wildman–Crippen LogP) is 4.15. The van der Waals surface area contributed by atoms with Gasteiger partial charge in [-0.25, -0.2) is 4.79 Å². The summed E-state index contributed by atoms with van der Waals surface area (Å²) >= 11 is 1.48. The number of nitrogens with zero attached hydrogens (tertiary/aromatic N) is 2. The quantitative estimate of drug-likeness (QED) is 0.895. The van der Waals surface area contributed by atoms with Crippen molar-refractivity contribution in [2.24, 2.45) is 0 Å². The van der Waals surface area contributed by atoms with Crippen LogP contribution in [0.4, 0.5) is 15.6 Å². The van der Waals surface area contributed by atoms with E-state index >= 15 is 0 Å². The van der Waals surface area contributed by atoms with Crippen LogP contribution in [0.2, 0.25) is 0 Å². The molecule has 21 heavy (non-hydrogen) atoms. The normalized spacial score (nSPS) is 15.1. The third-order valence-corrected chi connectivity index (χ3v) is 4.68. The lowest BCUT2D eigenvalue weighted by Gasteiger charge is -2.05. The van der Waals surface area contributed by atoms with Crippen molar-refractivity contribution in [3.8, 4) is 0 Å². The first kappa shape index (κ1) is 14.0. The van der Waals surface area contributed by atoms with Gasteiger partial charge in [0.25, 0.3) is 0 Å². The van der Waals surface area contributed by atoms with Gasteiger partial charge >= 0.3 is 6.03 Å². The molecule has 0 bridgehead atoms. The molecule has 0 unspecified atom stereocenters. The number of hydrogen-bond donors (Lipinski definition) is 2. The molecule has 6 heteroatoms. The van der Waals surface area contributed by atoms with Crippen LogP contribution in [0.3, 0.4) is 0 Å². The summed E-state index contributed by atoms with van der Waals surface area (Å²) in [5, 5.41) is 15.4. The van der Waals surface area contributed by atoms with E-state index < -0.39 is 0 Å². The van der Waals surface area contributed by atoms with Crippen molar-refractivity contribution in [2.75, 3.05) is 10.6 Å². The van der Waals surface area contributed by atoms with Gasteiger partial charge in [-0.1, -0.05) is 41.9 Å². The third-order valence-electron chi connectivity index (χ3n) is 3.67. The van der Waals surface area contributed by atoms with Gasteiger partial charge in [0.15, 0.2) is 0 Å². The second kappa shape index (κ2) is 6.22. The maximum absolute atomic E-state index is 11.9. The minimum atomic E-state index is -0.284. The fourth-order valence-electron chi connectivity index (χ4n) is 2.52. The van der Waals surface area contributed by atoms with Crippen molar-refractivity contribution in [3.05, 3.63) is 34.8 Å². The zero-order valence-electron chi connectivity index (χ0n) is 11.9. The molecule has 5 nitrogen and oxygen atoms in total. The number of aryl methyl sites for hydroxylation is 1. The highest BCUT2D eigenvalue weighted by molar-refractivity contribution is 7.15. The Hall–Kier alpha value is -1.95. The number of rotatable bonds is 3. The summed E-state index contributed by atoms with van der Waals surface area (Å²) in [5.41, 5.74) is 1.92. The van der Waals surface area contributed by atoms with Crippen molar-refractivity contribution in [3.63, 3.8) is 0 Å². The number of hydrogen-bond acceptors (Lipinski definition) is 4. The molecule has 0 atom stereocenters. The van der Waals surface area contributed by atoms with E-state index in [1.165, 1.54) is 37.0 Å². The van der Waals surface area contributed by atoms with Crippen molar-refractivity contribution in [2.45, 2.75) is 38.5 Å². The number of anilines is 2. The summed E-state index contributed by atoms with van der Waals surface area (Å²) in [6, 6.07) is 7.38. The summed E-state index contributed by atoms with van der Waals surface area (Å²) in [5.74, 6) is 0.526. The predicted molar refractivity (Wildman–Crippen MR) is 84.9 cm³/mol. The molecular formula is C15H18N4OS. The fourth-order valence-corrected chi connectivity index (χ4v) is 3.43. The number of carbonyl (C=O) groups excluding carboxylic acids is 1. The first-order valence-corrected chi connectivity index (χ1v) is 8.00. The highest BCUT2D eigenvalue weighted by atomic mass is 32.1. The topological polar surface area (TPSA) is 66.9 Å². The Morgan fingerprint density at radius 3 is 2.57 bits per heavy atom. The Morgan fingerprint density at radius 2 is 1.86 bits per heavy atom. The molecule has 1 fully saturated rings. The maximum atomic E-state index is 11.9. The summed E-state index contributed by atoms with van der Waals surface area (Å²) in [6.07, 6.45) is 4.90. The lowest BCUT2D eigenvalue weighted by Crippen LogP contribution is -2.19. The molecule has 1 aliphatic carbocycles. The van der Waals surface area contributed by atoms with E-state index in [2.05, 4.69) is 20.8 Å². The molecule has 1 aromatic heterocycles. The average molecular weight is 302 g/mol. The molecule has 2 amide bonds. The van der Waals surface area contributed by atoms with Gasteiger partial charge in [0, 0.05) is 11.6 Å². The molecule has 1 aliphatic rings. The van der Waals surface area contributed by atoms with E-state index in [1.54, 1.807) is 0 Å². The number of nitrogens with one attached hydrogen (secondary N) is 2. The van der Waals surface area contributed by atoms with Crippen molar-refractivity contribution < 1.29 is 4.79 Å². The highest BCUT2D eigenvalue weighted by Gasteiger charge is 2.21. The van der Waals surface area contributed by atoms with Crippen LogP contribution in [0.15, 0.2) is 24.3 Å². The summed E-state index contributed by atoms with van der Waals surface area (Å²) in [6.45, 7) is 2.01. The van der Waals surface area contributed by atoms with Crippen molar-refractivity contribution in [1.29, 1.82) is 0 Å². The van der Waals surface area contributed by atoms with Crippen molar-refractivity contribution in [1.82, 2.24) is 10.2 Å². The summed E-state index contributed by atoms with van der Waals surface area (Å²) < 4.78 is 0.